The van der Waals surface area contributed by atoms with E-state index < -0.39 is 0 Å². The highest BCUT2D eigenvalue weighted by molar-refractivity contribution is 7.09. The van der Waals surface area contributed by atoms with Crippen LogP contribution >= 0.6 is 11.3 Å². The highest BCUT2D eigenvalue weighted by atomic mass is 32.1. The first-order valence-corrected chi connectivity index (χ1v) is 9.09. The van der Waals surface area contributed by atoms with Gasteiger partial charge in [-0.3, -0.25) is 4.90 Å². The van der Waals surface area contributed by atoms with Gasteiger partial charge in [-0.25, -0.2) is 4.98 Å². The standard InChI is InChI=1S/C16H27N3S/c1-2-6-14-12-20-15(18-14)11-19-10-9-17-13-16(19)7-4-3-5-8-16/h12,17H,2-11,13H2,1H3. The smallest absolute Gasteiger partial charge is 0.107 e. The zero-order chi connectivity index (χ0) is 13.8. The van der Waals surface area contributed by atoms with Gasteiger partial charge in [-0.05, 0) is 19.3 Å². The van der Waals surface area contributed by atoms with Crippen molar-refractivity contribution in [1.29, 1.82) is 0 Å². The third-order valence-electron chi connectivity index (χ3n) is 4.90. The number of piperazine rings is 1. The van der Waals surface area contributed by atoms with Crippen LogP contribution in [0.1, 0.15) is 56.2 Å². The third kappa shape index (κ3) is 3.07. The summed E-state index contributed by atoms with van der Waals surface area (Å²) in [5.74, 6) is 0. The Hall–Kier alpha value is -0.450. The number of rotatable bonds is 4. The summed E-state index contributed by atoms with van der Waals surface area (Å²) in [6, 6.07) is 0. The summed E-state index contributed by atoms with van der Waals surface area (Å²) in [6.07, 6.45) is 9.28. The predicted octanol–water partition coefficient (Wildman–Crippen LogP) is 3.20. The van der Waals surface area contributed by atoms with E-state index >= 15 is 0 Å². The van der Waals surface area contributed by atoms with Gasteiger partial charge in [0.15, 0.2) is 0 Å². The number of nitrogens with zero attached hydrogens (tertiary/aromatic N) is 2. The topological polar surface area (TPSA) is 28.2 Å². The van der Waals surface area contributed by atoms with Gasteiger partial charge in [0.2, 0.25) is 0 Å². The number of thiazole rings is 1. The lowest BCUT2D eigenvalue weighted by Gasteiger charge is -2.49. The van der Waals surface area contributed by atoms with Crippen LogP contribution in [0.3, 0.4) is 0 Å². The molecule has 1 saturated heterocycles. The largest absolute Gasteiger partial charge is 0.314 e. The Morgan fingerprint density at radius 2 is 2.20 bits per heavy atom. The van der Waals surface area contributed by atoms with Gasteiger partial charge in [-0.15, -0.1) is 11.3 Å². The molecule has 0 amide bonds. The predicted molar refractivity (Wildman–Crippen MR) is 85.2 cm³/mol. The Morgan fingerprint density at radius 1 is 1.35 bits per heavy atom. The molecule has 4 heteroatoms. The van der Waals surface area contributed by atoms with Gasteiger partial charge in [0, 0.05) is 30.6 Å². The minimum Gasteiger partial charge on any atom is -0.314 e. The van der Waals surface area contributed by atoms with Crippen molar-refractivity contribution in [2.75, 3.05) is 19.6 Å². The minimum absolute atomic E-state index is 0.424. The van der Waals surface area contributed by atoms with Crippen LogP contribution in [0.25, 0.3) is 0 Å². The summed E-state index contributed by atoms with van der Waals surface area (Å²) < 4.78 is 0. The Morgan fingerprint density at radius 3 is 3.00 bits per heavy atom. The van der Waals surface area contributed by atoms with E-state index in [4.69, 9.17) is 4.98 Å². The van der Waals surface area contributed by atoms with Crippen molar-refractivity contribution >= 4 is 11.3 Å². The zero-order valence-electron chi connectivity index (χ0n) is 12.7. The molecule has 20 heavy (non-hydrogen) atoms. The number of aryl methyl sites for hydroxylation is 1. The first-order valence-electron chi connectivity index (χ1n) is 8.21. The molecule has 2 aliphatic rings. The van der Waals surface area contributed by atoms with Gasteiger partial charge in [-0.2, -0.15) is 0 Å². The van der Waals surface area contributed by atoms with E-state index in [9.17, 15) is 0 Å². The summed E-state index contributed by atoms with van der Waals surface area (Å²) in [6.45, 7) is 6.79. The van der Waals surface area contributed by atoms with Gasteiger partial charge < -0.3 is 5.32 Å². The van der Waals surface area contributed by atoms with Crippen molar-refractivity contribution in [1.82, 2.24) is 15.2 Å². The van der Waals surface area contributed by atoms with Crippen molar-refractivity contribution in [3.63, 3.8) is 0 Å². The van der Waals surface area contributed by atoms with Crippen LogP contribution in [0.5, 0.6) is 0 Å². The average Bonchev–Trinajstić information content (AvgIpc) is 2.91. The van der Waals surface area contributed by atoms with E-state index in [-0.39, 0.29) is 0 Å². The fourth-order valence-electron chi connectivity index (χ4n) is 3.79. The summed E-state index contributed by atoms with van der Waals surface area (Å²) >= 11 is 1.86. The molecule has 1 aliphatic heterocycles. The molecule has 1 aromatic rings. The fourth-order valence-corrected chi connectivity index (χ4v) is 4.63. The number of nitrogens with one attached hydrogen (secondary N) is 1. The summed E-state index contributed by atoms with van der Waals surface area (Å²) in [7, 11) is 0. The first-order chi connectivity index (χ1) is 9.82. The third-order valence-corrected chi connectivity index (χ3v) is 5.78. The summed E-state index contributed by atoms with van der Waals surface area (Å²) in [4.78, 5) is 7.56. The molecule has 3 nitrogen and oxygen atoms in total. The lowest BCUT2D eigenvalue weighted by Crippen LogP contribution is -2.61. The molecule has 1 spiro atoms. The molecule has 1 aliphatic carbocycles. The molecule has 1 N–H and O–H groups in total. The number of aromatic nitrogens is 1. The lowest BCUT2D eigenvalue weighted by molar-refractivity contribution is 0.0208. The second-order valence-corrected chi connectivity index (χ2v) is 7.31. The highest BCUT2D eigenvalue weighted by Crippen LogP contribution is 2.35. The van der Waals surface area contributed by atoms with E-state index in [0.717, 1.165) is 19.5 Å². The first kappa shape index (κ1) is 14.5. The molecule has 0 bridgehead atoms. The number of hydrogen-bond acceptors (Lipinski definition) is 4. The van der Waals surface area contributed by atoms with Gasteiger partial charge in [0.25, 0.3) is 0 Å². The van der Waals surface area contributed by atoms with E-state index in [1.54, 1.807) is 0 Å². The van der Waals surface area contributed by atoms with E-state index in [2.05, 4.69) is 22.5 Å². The lowest BCUT2D eigenvalue weighted by atomic mass is 9.79. The molecule has 0 radical (unpaired) electrons. The molecular formula is C16H27N3S. The second kappa shape index (κ2) is 6.54. The Labute approximate surface area is 126 Å². The molecule has 3 rings (SSSR count). The van der Waals surface area contributed by atoms with E-state index in [0.29, 0.717) is 5.54 Å². The van der Waals surface area contributed by atoms with Gasteiger partial charge >= 0.3 is 0 Å². The quantitative estimate of drug-likeness (QED) is 0.924. The molecule has 0 aromatic carbocycles. The number of hydrogen-bond donors (Lipinski definition) is 1. The second-order valence-electron chi connectivity index (χ2n) is 6.37. The molecule has 0 unspecified atom stereocenters. The average molecular weight is 293 g/mol. The molecule has 2 heterocycles. The highest BCUT2D eigenvalue weighted by Gasteiger charge is 2.39. The van der Waals surface area contributed by atoms with Crippen LogP contribution in [-0.2, 0) is 13.0 Å². The van der Waals surface area contributed by atoms with Crippen LogP contribution in [0.15, 0.2) is 5.38 Å². The molecule has 0 atom stereocenters. The maximum atomic E-state index is 4.83. The Kier molecular flexibility index (Phi) is 4.74. The molecule has 1 saturated carbocycles. The zero-order valence-corrected chi connectivity index (χ0v) is 13.5. The van der Waals surface area contributed by atoms with Crippen molar-refractivity contribution in [2.45, 2.75) is 64.0 Å². The van der Waals surface area contributed by atoms with Gasteiger partial charge in [0.1, 0.15) is 5.01 Å². The molecule has 2 fully saturated rings. The molecular weight excluding hydrogens is 266 g/mol. The molecule has 112 valence electrons. The SMILES string of the molecule is CCCc1csc(CN2CCNCC23CCCCC3)n1. The van der Waals surface area contributed by atoms with Crippen LogP contribution < -0.4 is 5.32 Å². The maximum absolute atomic E-state index is 4.83. The van der Waals surface area contributed by atoms with Crippen LogP contribution in [0.2, 0.25) is 0 Å². The maximum Gasteiger partial charge on any atom is 0.107 e. The summed E-state index contributed by atoms with van der Waals surface area (Å²) in [5.41, 5.74) is 1.72. The van der Waals surface area contributed by atoms with Crippen molar-refractivity contribution in [2.24, 2.45) is 0 Å². The van der Waals surface area contributed by atoms with Crippen LogP contribution in [-0.4, -0.2) is 35.1 Å². The van der Waals surface area contributed by atoms with Crippen LogP contribution in [0, 0.1) is 0 Å². The minimum atomic E-state index is 0.424. The fraction of sp³-hybridized carbons (Fsp3) is 0.812. The van der Waals surface area contributed by atoms with Crippen LogP contribution in [0.4, 0.5) is 0 Å². The van der Waals surface area contributed by atoms with Crippen molar-refractivity contribution in [3.05, 3.63) is 16.1 Å². The van der Waals surface area contributed by atoms with E-state index in [1.165, 1.54) is 62.3 Å². The molecule has 1 aromatic heterocycles. The van der Waals surface area contributed by atoms with E-state index in [1.807, 2.05) is 11.3 Å². The van der Waals surface area contributed by atoms with Crippen molar-refractivity contribution in [3.8, 4) is 0 Å². The monoisotopic (exact) mass is 293 g/mol. The normalized spacial score (nSPS) is 23.2. The van der Waals surface area contributed by atoms with Gasteiger partial charge in [0.05, 0.1) is 12.2 Å². The Bertz CT molecular complexity index is 415. The van der Waals surface area contributed by atoms with Crippen molar-refractivity contribution < 1.29 is 0 Å². The summed E-state index contributed by atoms with van der Waals surface area (Å²) in [5, 5.41) is 7.21. The Balaban J connectivity index is 1.69. The van der Waals surface area contributed by atoms with Gasteiger partial charge in [-0.1, -0.05) is 32.6 Å².